The van der Waals surface area contributed by atoms with E-state index >= 15 is 0 Å². The van der Waals surface area contributed by atoms with Gasteiger partial charge in [-0.3, -0.25) is 4.99 Å². The Morgan fingerprint density at radius 2 is 2.03 bits per heavy atom. The molecule has 0 amide bonds. The molecule has 1 heterocycles. The highest BCUT2D eigenvalue weighted by Crippen LogP contribution is 2.24. The molecule has 1 aromatic heterocycles. The van der Waals surface area contributed by atoms with Gasteiger partial charge in [-0.2, -0.15) is 0 Å². The molecule has 1 unspecified atom stereocenters. The number of nitrogens with zero attached hydrogens (tertiary/aromatic N) is 2. The molecule has 30 heavy (non-hydrogen) atoms. The average molecular weight is 567 g/mol. The van der Waals surface area contributed by atoms with Gasteiger partial charge in [0.25, 0.3) is 0 Å². The van der Waals surface area contributed by atoms with Gasteiger partial charge in [0, 0.05) is 18.6 Å². The molecule has 2 rings (SSSR count). The quantitative estimate of drug-likeness (QED) is 0.154. The Labute approximate surface area is 203 Å². The molecule has 2 N–H and O–H groups in total. The molecule has 7 nitrogen and oxygen atoms in total. The number of ether oxygens (including phenoxy) is 2. The minimum Gasteiger partial charge on any atom is -0.462 e. The van der Waals surface area contributed by atoms with E-state index < -0.39 is 0 Å². The summed E-state index contributed by atoms with van der Waals surface area (Å²) in [6, 6.07) is 7.47. The van der Waals surface area contributed by atoms with Gasteiger partial charge in [0.15, 0.2) is 5.96 Å². The number of rotatable bonds is 9. The first kappa shape index (κ1) is 26.6. The summed E-state index contributed by atoms with van der Waals surface area (Å²) in [5, 5.41) is 7.99. The molecule has 0 bridgehead atoms. The number of carbonyl (C=O) groups is 1. The van der Waals surface area contributed by atoms with Crippen LogP contribution in [-0.2, 0) is 16.1 Å². The zero-order valence-corrected chi connectivity index (χ0v) is 21.4. The highest BCUT2D eigenvalue weighted by Gasteiger charge is 2.20. The Morgan fingerprint density at radius 1 is 1.33 bits per heavy atom. The van der Waals surface area contributed by atoms with E-state index in [0.717, 1.165) is 10.6 Å². The Kier molecular flexibility index (Phi) is 12.2. The van der Waals surface area contributed by atoms with Crippen molar-refractivity contribution < 1.29 is 14.3 Å². The van der Waals surface area contributed by atoms with Crippen molar-refractivity contribution in [3.8, 4) is 0 Å². The summed E-state index contributed by atoms with van der Waals surface area (Å²) < 4.78 is 10.7. The molecule has 2 aromatic rings. The molecule has 10 heteroatoms. The minimum absolute atomic E-state index is 0. The van der Waals surface area contributed by atoms with Gasteiger partial charge in [-0.15, -0.1) is 35.3 Å². The molecule has 0 aliphatic heterocycles. The number of aliphatic imine (C=N–C) groups is 1. The number of hydrogen-bond donors (Lipinski definition) is 2. The lowest BCUT2D eigenvalue weighted by molar-refractivity contribution is 0.0531. The summed E-state index contributed by atoms with van der Waals surface area (Å²) in [4.78, 5) is 21.2. The number of nitrogens with one attached hydrogen (secondary N) is 2. The van der Waals surface area contributed by atoms with Crippen molar-refractivity contribution in [3.05, 3.63) is 50.4 Å². The maximum Gasteiger partial charge on any atom is 0.350 e. The van der Waals surface area contributed by atoms with Crippen LogP contribution in [0.2, 0.25) is 5.02 Å². The van der Waals surface area contributed by atoms with Crippen molar-refractivity contribution in [2.75, 3.05) is 26.8 Å². The van der Waals surface area contributed by atoms with Gasteiger partial charge >= 0.3 is 5.97 Å². The summed E-state index contributed by atoms with van der Waals surface area (Å²) in [6.07, 6.45) is 0. The maximum atomic E-state index is 12.0. The molecular formula is C20H28ClIN4O3S. The first-order chi connectivity index (χ1) is 13.9. The van der Waals surface area contributed by atoms with Gasteiger partial charge < -0.3 is 20.1 Å². The molecule has 0 aliphatic rings. The van der Waals surface area contributed by atoms with Crippen molar-refractivity contribution in [2.45, 2.75) is 33.4 Å². The average Bonchev–Trinajstić information content (AvgIpc) is 3.10. The highest BCUT2D eigenvalue weighted by atomic mass is 127. The first-order valence-electron chi connectivity index (χ1n) is 9.38. The summed E-state index contributed by atoms with van der Waals surface area (Å²) in [5.41, 5.74) is 1.75. The fourth-order valence-electron chi connectivity index (χ4n) is 2.46. The molecule has 0 saturated carbocycles. The van der Waals surface area contributed by atoms with Crippen molar-refractivity contribution in [1.82, 2.24) is 15.6 Å². The second-order valence-electron chi connectivity index (χ2n) is 6.23. The minimum atomic E-state index is -0.332. The van der Waals surface area contributed by atoms with Gasteiger partial charge in [0.1, 0.15) is 9.88 Å². The van der Waals surface area contributed by atoms with Crippen molar-refractivity contribution in [2.24, 2.45) is 4.99 Å². The van der Waals surface area contributed by atoms with E-state index in [0.29, 0.717) is 47.9 Å². The van der Waals surface area contributed by atoms with Gasteiger partial charge in [-0.25, -0.2) is 9.78 Å². The van der Waals surface area contributed by atoms with Crippen LogP contribution in [0.5, 0.6) is 0 Å². The molecule has 1 atom stereocenters. The smallest absolute Gasteiger partial charge is 0.350 e. The van der Waals surface area contributed by atoms with Gasteiger partial charge in [0.2, 0.25) is 0 Å². The number of esters is 1. The third kappa shape index (κ3) is 8.37. The summed E-state index contributed by atoms with van der Waals surface area (Å²) in [7, 11) is 1.70. The molecule has 0 aliphatic carbocycles. The first-order valence-corrected chi connectivity index (χ1v) is 10.6. The number of hydrogen-bond acceptors (Lipinski definition) is 6. The number of aryl methyl sites for hydroxylation is 1. The van der Waals surface area contributed by atoms with E-state index in [1.165, 1.54) is 11.3 Å². The summed E-state index contributed by atoms with van der Waals surface area (Å²) in [6.45, 7) is 7.56. The third-order valence-corrected chi connectivity index (χ3v) is 5.51. The Morgan fingerprint density at radius 3 is 2.67 bits per heavy atom. The fraction of sp³-hybridized carbons (Fsp3) is 0.450. The van der Waals surface area contributed by atoms with E-state index in [-0.39, 0.29) is 36.0 Å². The van der Waals surface area contributed by atoms with E-state index in [1.807, 2.05) is 38.1 Å². The van der Waals surface area contributed by atoms with Crippen LogP contribution < -0.4 is 10.6 Å². The van der Waals surface area contributed by atoms with E-state index in [9.17, 15) is 4.79 Å². The lowest BCUT2D eigenvalue weighted by Gasteiger charge is -2.16. The number of benzene rings is 1. The van der Waals surface area contributed by atoms with Crippen LogP contribution in [0.25, 0.3) is 0 Å². The maximum absolute atomic E-state index is 12.0. The summed E-state index contributed by atoms with van der Waals surface area (Å²) >= 11 is 7.21. The number of halogens is 2. The standard InChI is InChI=1S/C20H27ClN4O3S.HI/c1-5-28-19(26)17-13(2)24-18(29-17)14(3)25-20(22-4)23-10-11-27-12-15-6-8-16(21)9-7-15;/h6-9,14H,5,10-12H2,1-4H3,(H2,22,23,25);1H. The largest absolute Gasteiger partial charge is 0.462 e. The van der Waals surface area contributed by atoms with Crippen LogP contribution in [0.3, 0.4) is 0 Å². The molecule has 0 fully saturated rings. The topological polar surface area (TPSA) is 84.8 Å². The number of guanidine groups is 1. The van der Waals surface area contributed by atoms with Crippen molar-refractivity contribution >= 4 is 58.8 Å². The SMILES string of the molecule is CCOC(=O)c1sc(C(C)NC(=NC)NCCOCc2ccc(Cl)cc2)nc1C.I. The van der Waals surface area contributed by atoms with Crippen LogP contribution in [0, 0.1) is 6.92 Å². The molecule has 1 aromatic carbocycles. The Hall–Kier alpha value is -1.43. The molecule has 0 radical (unpaired) electrons. The normalized spacial score (nSPS) is 12.1. The number of thiazole rings is 1. The van der Waals surface area contributed by atoms with Crippen LogP contribution in [0.4, 0.5) is 0 Å². The monoisotopic (exact) mass is 566 g/mol. The van der Waals surface area contributed by atoms with Crippen LogP contribution >= 0.6 is 46.9 Å². The zero-order valence-electron chi connectivity index (χ0n) is 17.5. The van der Waals surface area contributed by atoms with Crippen LogP contribution in [-0.4, -0.2) is 43.7 Å². The fourth-order valence-corrected chi connectivity index (χ4v) is 3.55. The van der Waals surface area contributed by atoms with Crippen molar-refractivity contribution in [1.29, 1.82) is 0 Å². The Bertz CT molecular complexity index is 830. The highest BCUT2D eigenvalue weighted by molar-refractivity contribution is 14.0. The predicted molar refractivity (Wildman–Crippen MR) is 132 cm³/mol. The van der Waals surface area contributed by atoms with E-state index in [2.05, 4.69) is 20.6 Å². The molecule has 0 spiro atoms. The van der Waals surface area contributed by atoms with E-state index in [4.69, 9.17) is 21.1 Å². The predicted octanol–water partition coefficient (Wildman–Crippen LogP) is 4.34. The molecular weight excluding hydrogens is 539 g/mol. The third-order valence-electron chi connectivity index (χ3n) is 3.94. The van der Waals surface area contributed by atoms with Gasteiger partial charge in [0.05, 0.1) is 31.6 Å². The van der Waals surface area contributed by atoms with Gasteiger partial charge in [-0.05, 0) is 38.5 Å². The van der Waals surface area contributed by atoms with Crippen LogP contribution in [0.15, 0.2) is 29.3 Å². The zero-order chi connectivity index (χ0) is 21.2. The molecule has 0 saturated heterocycles. The summed E-state index contributed by atoms with van der Waals surface area (Å²) in [5.74, 6) is 0.305. The second-order valence-corrected chi connectivity index (χ2v) is 7.70. The van der Waals surface area contributed by atoms with Crippen molar-refractivity contribution in [3.63, 3.8) is 0 Å². The second kappa shape index (κ2) is 13.8. The number of aromatic nitrogens is 1. The van der Waals surface area contributed by atoms with Crippen LogP contribution in [0.1, 0.15) is 45.8 Å². The lowest BCUT2D eigenvalue weighted by atomic mass is 10.2. The number of carbonyl (C=O) groups excluding carboxylic acids is 1. The van der Waals surface area contributed by atoms with Gasteiger partial charge in [-0.1, -0.05) is 23.7 Å². The lowest BCUT2D eigenvalue weighted by Crippen LogP contribution is -2.40. The molecule has 166 valence electrons. The van der Waals surface area contributed by atoms with E-state index in [1.54, 1.807) is 14.0 Å². The Balaban J connectivity index is 0.00000450.